The van der Waals surface area contributed by atoms with Crippen LogP contribution in [0.5, 0.6) is 5.75 Å². The van der Waals surface area contributed by atoms with Crippen LogP contribution in [0.4, 0.5) is 0 Å². The molecule has 0 radical (unpaired) electrons. The second-order valence-corrected chi connectivity index (χ2v) is 8.01. The molecular weight excluding hydrogens is 340 g/mol. The van der Waals surface area contributed by atoms with Gasteiger partial charge in [-0.15, -0.1) is 0 Å². The maximum Gasteiger partial charge on any atom is 0.245 e. The second-order valence-electron chi connectivity index (χ2n) is 7.57. The number of rotatable bonds is 4. The number of hydrogen-bond acceptors (Lipinski definition) is 3. The maximum atomic E-state index is 12.6. The monoisotopic (exact) mass is 364 g/mol. The Labute approximate surface area is 153 Å². The van der Waals surface area contributed by atoms with E-state index in [2.05, 4.69) is 13.8 Å². The normalized spacial score (nSPS) is 22.2. The van der Waals surface area contributed by atoms with E-state index in [0.29, 0.717) is 24.7 Å². The molecule has 2 aliphatic heterocycles. The lowest BCUT2D eigenvalue weighted by molar-refractivity contribution is -0.155. The highest BCUT2D eigenvalue weighted by molar-refractivity contribution is 6.30. The van der Waals surface area contributed by atoms with Gasteiger partial charge in [-0.3, -0.25) is 9.59 Å². The van der Waals surface area contributed by atoms with Crippen LogP contribution in [-0.2, 0) is 21.5 Å². The van der Waals surface area contributed by atoms with Gasteiger partial charge in [-0.2, -0.15) is 0 Å². The van der Waals surface area contributed by atoms with Gasteiger partial charge in [0.05, 0.1) is 19.7 Å². The molecular formula is C19H25ClN2O3. The van der Waals surface area contributed by atoms with Crippen molar-refractivity contribution in [2.75, 3.05) is 19.7 Å². The fourth-order valence-corrected chi connectivity index (χ4v) is 3.83. The van der Waals surface area contributed by atoms with Gasteiger partial charge in [-0.05, 0) is 25.5 Å². The summed E-state index contributed by atoms with van der Waals surface area (Å²) in [5, 5.41) is 0.628. The number of piperazine rings is 1. The third-order valence-corrected chi connectivity index (χ3v) is 5.27. The van der Waals surface area contributed by atoms with Gasteiger partial charge >= 0.3 is 0 Å². The Balaban J connectivity index is 1.89. The second kappa shape index (κ2) is 6.52. The zero-order valence-corrected chi connectivity index (χ0v) is 16.0. The molecule has 1 fully saturated rings. The van der Waals surface area contributed by atoms with Crippen LogP contribution in [0.1, 0.15) is 45.2 Å². The lowest BCUT2D eigenvalue weighted by Gasteiger charge is -2.39. The summed E-state index contributed by atoms with van der Waals surface area (Å²) in [4.78, 5) is 28.4. The first-order valence-electron chi connectivity index (χ1n) is 8.78. The average Bonchev–Trinajstić information content (AvgIpc) is 2.84. The lowest BCUT2D eigenvalue weighted by atomic mass is 9.86. The van der Waals surface area contributed by atoms with Crippen LogP contribution in [0.15, 0.2) is 12.1 Å². The first-order valence-corrected chi connectivity index (χ1v) is 9.16. The summed E-state index contributed by atoms with van der Waals surface area (Å²) in [6.45, 7) is 9.70. The number of amides is 2. The van der Waals surface area contributed by atoms with Crippen molar-refractivity contribution in [3.8, 4) is 5.75 Å². The van der Waals surface area contributed by atoms with Crippen molar-refractivity contribution in [3.05, 3.63) is 28.3 Å². The minimum atomic E-state index is -0.475. The summed E-state index contributed by atoms with van der Waals surface area (Å²) in [6, 6.07) is 3.30. The fourth-order valence-electron chi connectivity index (χ4n) is 3.58. The quantitative estimate of drug-likeness (QED) is 0.825. The van der Waals surface area contributed by atoms with E-state index < -0.39 is 6.04 Å². The Morgan fingerprint density at radius 1 is 1.32 bits per heavy atom. The number of nitrogens with zero attached hydrogens (tertiary/aromatic N) is 2. The molecule has 0 bridgehead atoms. The van der Waals surface area contributed by atoms with Crippen LogP contribution in [0.2, 0.25) is 5.02 Å². The van der Waals surface area contributed by atoms with E-state index in [-0.39, 0.29) is 23.8 Å². The van der Waals surface area contributed by atoms with Gasteiger partial charge in [0.15, 0.2) is 0 Å². The zero-order valence-electron chi connectivity index (χ0n) is 15.3. The number of benzene rings is 1. The van der Waals surface area contributed by atoms with Gasteiger partial charge in [0, 0.05) is 28.1 Å². The number of halogens is 1. The number of carbonyl (C=O) groups is 2. The van der Waals surface area contributed by atoms with E-state index in [0.717, 1.165) is 23.3 Å². The molecule has 2 amide bonds. The molecule has 136 valence electrons. The number of ether oxygens (including phenoxy) is 1. The van der Waals surface area contributed by atoms with Crippen LogP contribution in [0, 0.1) is 0 Å². The first kappa shape index (κ1) is 18.1. The predicted octanol–water partition coefficient (Wildman–Crippen LogP) is 2.98. The van der Waals surface area contributed by atoms with Gasteiger partial charge < -0.3 is 14.5 Å². The largest absolute Gasteiger partial charge is 0.492 e. The van der Waals surface area contributed by atoms with E-state index in [1.807, 2.05) is 19.1 Å². The predicted molar refractivity (Wildman–Crippen MR) is 96.9 cm³/mol. The third-order valence-electron chi connectivity index (χ3n) is 5.05. The van der Waals surface area contributed by atoms with Gasteiger partial charge in [-0.1, -0.05) is 32.4 Å². The summed E-state index contributed by atoms with van der Waals surface area (Å²) in [7, 11) is 0. The highest BCUT2D eigenvalue weighted by atomic mass is 35.5. The van der Waals surface area contributed by atoms with Crippen molar-refractivity contribution in [1.29, 1.82) is 0 Å². The van der Waals surface area contributed by atoms with E-state index in [1.54, 1.807) is 16.7 Å². The van der Waals surface area contributed by atoms with Crippen molar-refractivity contribution in [1.82, 2.24) is 9.80 Å². The molecule has 6 heteroatoms. The topological polar surface area (TPSA) is 49.9 Å². The summed E-state index contributed by atoms with van der Waals surface area (Å²) < 4.78 is 5.91. The maximum absolute atomic E-state index is 12.6. The summed E-state index contributed by atoms with van der Waals surface area (Å²) in [5.74, 6) is 0.769. The molecule has 2 aliphatic rings. The smallest absolute Gasteiger partial charge is 0.245 e. The first-order chi connectivity index (χ1) is 11.7. The molecule has 0 spiro atoms. The molecule has 0 unspecified atom stereocenters. The number of fused-ring (bicyclic) bond motifs is 1. The molecule has 2 heterocycles. The van der Waals surface area contributed by atoms with E-state index in [1.165, 1.54) is 0 Å². The zero-order chi connectivity index (χ0) is 18.4. The van der Waals surface area contributed by atoms with E-state index >= 15 is 0 Å². The Morgan fingerprint density at radius 3 is 2.72 bits per heavy atom. The molecule has 0 aromatic heterocycles. The van der Waals surface area contributed by atoms with Gasteiger partial charge in [0.25, 0.3) is 0 Å². The summed E-state index contributed by atoms with van der Waals surface area (Å²) in [6.07, 6.45) is 0.844. The summed E-state index contributed by atoms with van der Waals surface area (Å²) >= 11 is 6.31. The van der Waals surface area contributed by atoms with Crippen LogP contribution < -0.4 is 4.74 Å². The SMILES string of the molecule is CCCN1CC(=O)N(Cc2cc(Cl)cc3c2OCC3(C)C)[C@@H](C)C1=O. The summed E-state index contributed by atoms with van der Waals surface area (Å²) in [5.41, 5.74) is 1.82. The van der Waals surface area contributed by atoms with Gasteiger partial charge in [0.2, 0.25) is 11.8 Å². The number of hydrogen-bond donors (Lipinski definition) is 0. The van der Waals surface area contributed by atoms with E-state index in [4.69, 9.17) is 16.3 Å². The van der Waals surface area contributed by atoms with Gasteiger partial charge in [-0.25, -0.2) is 0 Å². The Bertz CT molecular complexity index is 717. The standard InChI is InChI=1S/C19H25ClN2O3/c1-5-6-21-10-16(23)22(12(2)18(21)24)9-13-7-14(20)8-15-17(13)25-11-19(15,3)4/h7-8,12H,5-6,9-11H2,1-4H3/t12-/m0/s1. The highest BCUT2D eigenvalue weighted by Gasteiger charge is 2.38. The Hall–Kier alpha value is -1.75. The lowest BCUT2D eigenvalue weighted by Crippen LogP contribution is -2.58. The van der Waals surface area contributed by atoms with Crippen LogP contribution in [0.25, 0.3) is 0 Å². The Morgan fingerprint density at radius 2 is 2.04 bits per heavy atom. The molecule has 1 aromatic carbocycles. The molecule has 0 N–H and O–H groups in total. The highest BCUT2D eigenvalue weighted by Crippen LogP contribution is 2.43. The molecule has 1 atom stereocenters. The minimum absolute atomic E-state index is 0.00127. The molecule has 0 aliphatic carbocycles. The van der Waals surface area contributed by atoms with Crippen LogP contribution in [-0.4, -0.2) is 47.4 Å². The van der Waals surface area contributed by atoms with Crippen molar-refractivity contribution in [2.24, 2.45) is 0 Å². The van der Waals surface area contributed by atoms with Crippen molar-refractivity contribution < 1.29 is 14.3 Å². The van der Waals surface area contributed by atoms with Crippen molar-refractivity contribution >= 4 is 23.4 Å². The number of carbonyl (C=O) groups excluding carboxylic acids is 2. The van der Waals surface area contributed by atoms with Crippen LogP contribution in [0.3, 0.4) is 0 Å². The Kier molecular flexibility index (Phi) is 4.71. The molecule has 25 heavy (non-hydrogen) atoms. The molecule has 3 rings (SSSR count). The minimum Gasteiger partial charge on any atom is -0.492 e. The fraction of sp³-hybridized carbons (Fsp3) is 0.579. The van der Waals surface area contributed by atoms with E-state index in [9.17, 15) is 9.59 Å². The average molecular weight is 365 g/mol. The molecule has 1 aromatic rings. The molecule has 1 saturated heterocycles. The van der Waals surface area contributed by atoms with Crippen molar-refractivity contribution in [3.63, 3.8) is 0 Å². The third kappa shape index (κ3) is 3.22. The molecule has 5 nitrogen and oxygen atoms in total. The van der Waals surface area contributed by atoms with Gasteiger partial charge in [0.1, 0.15) is 11.8 Å². The molecule has 0 saturated carbocycles. The van der Waals surface area contributed by atoms with Crippen molar-refractivity contribution in [2.45, 2.75) is 52.1 Å². The van der Waals surface area contributed by atoms with Crippen LogP contribution >= 0.6 is 11.6 Å².